The fraction of sp³-hybridized carbons (Fsp3) is 0.474. The Morgan fingerprint density at radius 3 is 2.16 bits per heavy atom. The molecule has 0 N–H and O–H groups in total. The zero-order chi connectivity index (χ0) is 18.1. The van der Waals surface area contributed by atoms with Gasteiger partial charge in [0.2, 0.25) is 0 Å². The molecule has 6 heteroatoms. The molecule has 1 aromatic carbocycles. The van der Waals surface area contributed by atoms with E-state index < -0.39 is 7.60 Å². The van der Waals surface area contributed by atoms with Crippen molar-refractivity contribution in [2.24, 2.45) is 0 Å². The molecule has 0 saturated carbocycles. The highest BCUT2D eigenvalue weighted by atomic mass is 31.2. The number of benzene rings is 1. The minimum Gasteiger partial charge on any atom is -0.305 e. The molecule has 136 valence electrons. The SMILES string of the molecule is CCCCOP(=O)(OCCCC)c1ccc(C)cc1-c1ncccn1. The molecule has 1 heterocycles. The van der Waals surface area contributed by atoms with Crippen molar-refractivity contribution in [2.45, 2.75) is 46.5 Å². The van der Waals surface area contributed by atoms with E-state index in [-0.39, 0.29) is 0 Å². The van der Waals surface area contributed by atoms with E-state index in [1.165, 1.54) is 0 Å². The summed E-state index contributed by atoms with van der Waals surface area (Å²) in [4.78, 5) is 8.63. The van der Waals surface area contributed by atoms with Crippen LogP contribution in [0.15, 0.2) is 36.7 Å². The molecule has 0 unspecified atom stereocenters. The molecule has 0 atom stereocenters. The van der Waals surface area contributed by atoms with Crippen molar-refractivity contribution in [3.05, 3.63) is 42.2 Å². The van der Waals surface area contributed by atoms with Crippen LogP contribution in [0.1, 0.15) is 45.1 Å². The third kappa shape index (κ3) is 5.46. The van der Waals surface area contributed by atoms with Gasteiger partial charge in [-0.3, -0.25) is 4.57 Å². The van der Waals surface area contributed by atoms with Gasteiger partial charge in [-0.2, -0.15) is 0 Å². The Balaban J connectivity index is 2.43. The first kappa shape index (κ1) is 19.8. The fourth-order valence-corrected chi connectivity index (χ4v) is 4.15. The van der Waals surface area contributed by atoms with Crippen LogP contribution in [0.3, 0.4) is 0 Å². The van der Waals surface area contributed by atoms with Crippen molar-refractivity contribution in [2.75, 3.05) is 13.2 Å². The largest absolute Gasteiger partial charge is 0.362 e. The molecule has 0 bridgehead atoms. The second-order valence-electron chi connectivity index (χ2n) is 5.96. The summed E-state index contributed by atoms with van der Waals surface area (Å²) in [7, 11) is -3.43. The predicted octanol–water partition coefficient (Wildman–Crippen LogP) is 4.90. The maximum absolute atomic E-state index is 13.6. The van der Waals surface area contributed by atoms with Crippen LogP contribution >= 0.6 is 7.60 Å². The van der Waals surface area contributed by atoms with Crippen LogP contribution in [0, 0.1) is 6.92 Å². The molecular formula is C19H27N2O3P. The van der Waals surface area contributed by atoms with Crippen LogP contribution in [0.4, 0.5) is 0 Å². The van der Waals surface area contributed by atoms with E-state index in [1.54, 1.807) is 18.5 Å². The molecule has 0 spiro atoms. The zero-order valence-electron chi connectivity index (χ0n) is 15.3. The molecule has 2 aromatic rings. The number of hydrogen-bond donors (Lipinski definition) is 0. The molecule has 0 radical (unpaired) electrons. The first-order valence-corrected chi connectivity index (χ1v) is 10.4. The van der Waals surface area contributed by atoms with Gasteiger partial charge < -0.3 is 9.05 Å². The van der Waals surface area contributed by atoms with Crippen molar-refractivity contribution in [3.63, 3.8) is 0 Å². The Hall–Kier alpha value is -1.55. The molecule has 1 aromatic heterocycles. The van der Waals surface area contributed by atoms with Gasteiger partial charge in [-0.25, -0.2) is 9.97 Å². The van der Waals surface area contributed by atoms with Crippen molar-refractivity contribution >= 4 is 12.9 Å². The van der Waals surface area contributed by atoms with Crippen molar-refractivity contribution in [1.82, 2.24) is 9.97 Å². The minimum absolute atomic E-state index is 0.406. The quantitative estimate of drug-likeness (QED) is 0.444. The highest BCUT2D eigenvalue weighted by molar-refractivity contribution is 7.62. The van der Waals surface area contributed by atoms with Gasteiger partial charge in [-0.1, -0.05) is 38.3 Å². The zero-order valence-corrected chi connectivity index (χ0v) is 16.2. The summed E-state index contributed by atoms with van der Waals surface area (Å²) in [6.07, 6.45) is 6.97. The Morgan fingerprint density at radius 1 is 1.00 bits per heavy atom. The van der Waals surface area contributed by atoms with Gasteiger partial charge in [0.25, 0.3) is 0 Å². The van der Waals surface area contributed by atoms with Crippen LogP contribution in [0.2, 0.25) is 0 Å². The van der Waals surface area contributed by atoms with Crippen LogP contribution in [-0.4, -0.2) is 23.2 Å². The summed E-state index contributed by atoms with van der Waals surface area (Å²) in [5, 5.41) is 0.538. The number of rotatable bonds is 10. The van der Waals surface area contributed by atoms with Gasteiger partial charge in [-0.15, -0.1) is 0 Å². The van der Waals surface area contributed by atoms with E-state index in [0.29, 0.717) is 29.9 Å². The van der Waals surface area contributed by atoms with E-state index in [9.17, 15) is 4.57 Å². The molecule has 0 saturated heterocycles. The lowest BCUT2D eigenvalue weighted by Gasteiger charge is -2.21. The van der Waals surface area contributed by atoms with Gasteiger partial charge in [0.15, 0.2) is 5.82 Å². The van der Waals surface area contributed by atoms with Crippen LogP contribution in [-0.2, 0) is 13.6 Å². The normalized spacial score (nSPS) is 11.6. The molecule has 5 nitrogen and oxygen atoms in total. The third-order valence-electron chi connectivity index (χ3n) is 3.77. The van der Waals surface area contributed by atoms with Crippen LogP contribution < -0.4 is 5.30 Å². The monoisotopic (exact) mass is 362 g/mol. The van der Waals surface area contributed by atoms with E-state index >= 15 is 0 Å². The van der Waals surface area contributed by atoms with E-state index in [4.69, 9.17) is 9.05 Å². The standard InChI is InChI=1S/C19H27N2O3P/c1-4-6-13-23-25(22,24-14-7-5-2)18-10-9-16(3)15-17(18)19-20-11-8-12-21-19/h8-12,15H,4-7,13-14H2,1-3H3. The molecular weight excluding hydrogens is 335 g/mol. The van der Waals surface area contributed by atoms with E-state index in [2.05, 4.69) is 23.8 Å². The van der Waals surface area contributed by atoms with Gasteiger partial charge in [0, 0.05) is 18.0 Å². The number of aryl methyl sites for hydroxylation is 1. The van der Waals surface area contributed by atoms with Crippen molar-refractivity contribution in [3.8, 4) is 11.4 Å². The summed E-state index contributed by atoms with van der Waals surface area (Å²) in [5.41, 5.74) is 1.75. The molecule has 2 rings (SSSR count). The minimum atomic E-state index is -3.43. The highest BCUT2D eigenvalue weighted by Gasteiger charge is 2.31. The Kier molecular flexibility index (Phi) is 7.76. The maximum Gasteiger partial charge on any atom is 0.362 e. The summed E-state index contributed by atoms with van der Waals surface area (Å²) in [6, 6.07) is 7.43. The van der Waals surface area contributed by atoms with Crippen molar-refractivity contribution < 1.29 is 13.6 Å². The number of aromatic nitrogens is 2. The summed E-state index contributed by atoms with van der Waals surface area (Å²) < 4.78 is 25.1. The second-order valence-corrected chi connectivity index (χ2v) is 7.96. The highest BCUT2D eigenvalue weighted by Crippen LogP contribution is 2.49. The average Bonchev–Trinajstić information content (AvgIpc) is 2.63. The number of unbranched alkanes of at least 4 members (excludes halogenated alkanes) is 2. The lowest BCUT2D eigenvalue weighted by Crippen LogP contribution is -2.15. The lowest BCUT2D eigenvalue weighted by molar-refractivity contribution is 0.208. The van der Waals surface area contributed by atoms with E-state index in [1.807, 2.05) is 25.1 Å². The Bertz CT molecular complexity index is 693. The average molecular weight is 362 g/mol. The van der Waals surface area contributed by atoms with Crippen LogP contribution in [0.25, 0.3) is 11.4 Å². The molecule has 0 fully saturated rings. The van der Waals surface area contributed by atoms with Gasteiger partial charge >= 0.3 is 7.60 Å². The molecule has 0 aliphatic heterocycles. The van der Waals surface area contributed by atoms with Gasteiger partial charge in [-0.05, 0) is 38.0 Å². The Labute approximate surface area is 150 Å². The van der Waals surface area contributed by atoms with Crippen LogP contribution in [0.5, 0.6) is 0 Å². The summed E-state index contributed by atoms with van der Waals surface area (Å²) in [5.74, 6) is 0.527. The molecule has 0 aliphatic rings. The first-order valence-electron chi connectivity index (χ1n) is 8.88. The topological polar surface area (TPSA) is 61.3 Å². The molecule has 0 amide bonds. The second kappa shape index (κ2) is 9.81. The fourth-order valence-electron chi connectivity index (χ4n) is 2.34. The van der Waals surface area contributed by atoms with Gasteiger partial charge in [0.1, 0.15) is 0 Å². The summed E-state index contributed by atoms with van der Waals surface area (Å²) >= 11 is 0. The van der Waals surface area contributed by atoms with Crippen molar-refractivity contribution in [1.29, 1.82) is 0 Å². The predicted molar refractivity (Wildman–Crippen MR) is 101 cm³/mol. The summed E-state index contributed by atoms with van der Waals surface area (Å²) in [6.45, 7) is 6.94. The number of nitrogens with zero attached hydrogens (tertiary/aromatic N) is 2. The number of hydrogen-bond acceptors (Lipinski definition) is 5. The third-order valence-corrected chi connectivity index (χ3v) is 5.80. The maximum atomic E-state index is 13.6. The Morgan fingerprint density at radius 2 is 1.60 bits per heavy atom. The van der Waals surface area contributed by atoms with E-state index in [0.717, 1.165) is 31.2 Å². The molecule has 25 heavy (non-hydrogen) atoms. The smallest absolute Gasteiger partial charge is 0.305 e. The van der Waals surface area contributed by atoms with Gasteiger partial charge in [0.05, 0.1) is 18.5 Å². The molecule has 0 aliphatic carbocycles. The lowest BCUT2D eigenvalue weighted by atomic mass is 10.1. The first-order chi connectivity index (χ1) is 12.1.